The van der Waals surface area contributed by atoms with Crippen molar-refractivity contribution in [3.8, 4) is 0 Å². The lowest BCUT2D eigenvalue weighted by atomic mass is 9.88. The number of aliphatic imine (C=N–C) groups is 1. The second kappa shape index (κ2) is 12.2. The van der Waals surface area contributed by atoms with E-state index < -0.39 is 6.17 Å². The molecule has 0 bridgehead atoms. The summed E-state index contributed by atoms with van der Waals surface area (Å²) in [4.78, 5) is 20.1. The van der Waals surface area contributed by atoms with E-state index in [9.17, 15) is 4.79 Å². The van der Waals surface area contributed by atoms with Crippen LogP contribution in [0.15, 0.2) is 102 Å². The molecule has 3 atom stereocenters. The van der Waals surface area contributed by atoms with Gasteiger partial charge in [0.15, 0.2) is 5.11 Å². The molecule has 0 saturated heterocycles. The van der Waals surface area contributed by atoms with Gasteiger partial charge in [0.25, 0.3) is 5.91 Å². The van der Waals surface area contributed by atoms with E-state index in [2.05, 4.69) is 47.1 Å². The van der Waals surface area contributed by atoms with Gasteiger partial charge in [0.2, 0.25) is 6.17 Å². The molecule has 1 aliphatic heterocycles. The lowest BCUT2D eigenvalue weighted by Gasteiger charge is -2.29. The Labute approximate surface area is 244 Å². The van der Waals surface area contributed by atoms with Crippen molar-refractivity contribution in [3.05, 3.63) is 124 Å². The Balaban J connectivity index is 1.45. The molecular weight excluding hydrogens is 547 g/mol. The Morgan fingerprint density at radius 3 is 2.56 bits per heavy atom. The molecule has 198 valence electrons. The van der Waals surface area contributed by atoms with Gasteiger partial charge in [-0.1, -0.05) is 96.0 Å². The first-order chi connectivity index (χ1) is 18.9. The summed E-state index contributed by atoms with van der Waals surface area (Å²) in [6.07, 6.45) is 9.20. The quantitative estimate of drug-likeness (QED) is 0.337. The van der Waals surface area contributed by atoms with Crippen LogP contribution in [0.1, 0.15) is 23.1 Å². The maximum Gasteiger partial charge on any atom is 0.272 e. The normalized spacial score (nSPS) is 19.1. The third-order valence-electron chi connectivity index (χ3n) is 6.94. The van der Waals surface area contributed by atoms with Crippen molar-refractivity contribution in [1.82, 2.24) is 10.6 Å². The van der Waals surface area contributed by atoms with Gasteiger partial charge in [0.1, 0.15) is 0 Å². The van der Waals surface area contributed by atoms with E-state index in [1.165, 1.54) is 5.56 Å². The molecule has 0 aromatic heterocycles. The minimum atomic E-state index is -0.966. The van der Waals surface area contributed by atoms with Crippen molar-refractivity contribution in [2.75, 3.05) is 11.9 Å². The summed E-state index contributed by atoms with van der Waals surface area (Å²) in [7, 11) is 1.72. The predicted molar refractivity (Wildman–Crippen MR) is 165 cm³/mol. The molecule has 2 aliphatic rings. The van der Waals surface area contributed by atoms with E-state index in [0.29, 0.717) is 32.1 Å². The molecule has 2 N–H and O–H groups in total. The fraction of sp³-hybridized carbons (Fsp3) is 0.194. The van der Waals surface area contributed by atoms with E-state index in [1.54, 1.807) is 30.1 Å². The number of carbonyl (C=O) groups excluding carboxylic acids is 1. The molecule has 1 heterocycles. The highest BCUT2D eigenvalue weighted by Gasteiger charge is 2.32. The van der Waals surface area contributed by atoms with Crippen LogP contribution in [0, 0.1) is 5.92 Å². The van der Waals surface area contributed by atoms with Crippen LogP contribution >= 0.6 is 35.4 Å². The van der Waals surface area contributed by atoms with E-state index >= 15 is 0 Å². The number of hydrogen-bond donors (Lipinski definition) is 2. The number of halogens is 2. The van der Waals surface area contributed by atoms with Gasteiger partial charge in [-0.25, -0.2) is 4.99 Å². The number of amides is 1. The number of anilines is 1. The summed E-state index contributed by atoms with van der Waals surface area (Å²) in [6.45, 7) is 0. The van der Waals surface area contributed by atoms with Gasteiger partial charge in [-0.15, -0.1) is 0 Å². The molecule has 3 aromatic carbocycles. The van der Waals surface area contributed by atoms with Crippen LogP contribution in [0.3, 0.4) is 0 Å². The molecule has 1 amide bonds. The second-order valence-electron chi connectivity index (χ2n) is 9.55. The van der Waals surface area contributed by atoms with Gasteiger partial charge in [-0.3, -0.25) is 4.79 Å². The lowest BCUT2D eigenvalue weighted by Crippen LogP contribution is -2.53. The number of benzodiazepines with no additional fused rings is 1. The highest BCUT2D eigenvalue weighted by molar-refractivity contribution is 7.80. The van der Waals surface area contributed by atoms with Crippen molar-refractivity contribution in [1.29, 1.82) is 0 Å². The highest BCUT2D eigenvalue weighted by Crippen LogP contribution is 2.32. The number of rotatable bonds is 6. The van der Waals surface area contributed by atoms with Crippen molar-refractivity contribution >= 4 is 57.8 Å². The minimum absolute atomic E-state index is 0.0234. The number of carbonyl (C=O) groups is 1. The topological polar surface area (TPSA) is 56.7 Å². The number of thiocarbonyl (C=S) groups is 1. The van der Waals surface area contributed by atoms with E-state index in [-0.39, 0.29) is 17.9 Å². The summed E-state index contributed by atoms with van der Waals surface area (Å²) >= 11 is 18.7. The third-order valence-corrected chi connectivity index (χ3v) is 7.74. The second-order valence-corrected chi connectivity index (χ2v) is 10.8. The number of nitrogens with zero attached hydrogens (tertiary/aromatic N) is 2. The number of allylic oxidation sites excluding steroid dienone is 3. The average Bonchev–Trinajstić information content (AvgIpc) is 3.04. The van der Waals surface area contributed by atoms with E-state index in [4.69, 9.17) is 40.4 Å². The molecule has 0 fully saturated rings. The highest BCUT2D eigenvalue weighted by atomic mass is 35.5. The molecule has 5 nitrogen and oxygen atoms in total. The summed E-state index contributed by atoms with van der Waals surface area (Å²) in [5.74, 6) is 0.000861. The number of hydrogen-bond acceptors (Lipinski definition) is 3. The average molecular weight is 576 g/mol. The molecule has 8 heteroatoms. The molecule has 3 aromatic rings. The van der Waals surface area contributed by atoms with Crippen molar-refractivity contribution < 1.29 is 4.79 Å². The first-order valence-corrected chi connectivity index (χ1v) is 13.9. The maximum absolute atomic E-state index is 13.7. The van der Waals surface area contributed by atoms with Crippen LogP contribution in [-0.2, 0) is 11.2 Å². The molecule has 0 radical (unpaired) electrons. The zero-order valence-corrected chi connectivity index (χ0v) is 23.7. The smallest absolute Gasteiger partial charge is 0.272 e. The molecule has 5 rings (SSSR count). The minimum Gasteiger partial charge on any atom is -0.359 e. The lowest BCUT2D eigenvalue weighted by molar-refractivity contribution is -0.119. The Hall–Kier alpha value is -3.45. The van der Waals surface area contributed by atoms with Gasteiger partial charge < -0.3 is 15.5 Å². The van der Waals surface area contributed by atoms with E-state index in [0.717, 1.165) is 18.4 Å². The van der Waals surface area contributed by atoms with Gasteiger partial charge >= 0.3 is 0 Å². The number of likely N-dealkylation sites (N-methyl/N-ethyl adjacent to an activating group) is 1. The number of benzene rings is 3. The largest absolute Gasteiger partial charge is 0.359 e. The molecular formula is C31H28Cl2N4OS. The van der Waals surface area contributed by atoms with Crippen LogP contribution in [0.4, 0.5) is 5.69 Å². The Morgan fingerprint density at radius 1 is 1.05 bits per heavy atom. The first-order valence-electron chi connectivity index (χ1n) is 12.7. The summed E-state index contributed by atoms with van der Waals surface area (Å²) in [6, 6.07) is 23.1. The van der Waals surface area contributed by atoms with E-state index in [1.807, 2.05) is 42.5 Å². The molecule has 1 aliphatic carbocycles. The third kappa shape index (κ3) is 6.25. The predicted octanol–water partition coefficient (Wildman–Crippen LogP) is 6.34. The van der Waals surface area contributed by atoms with Crippen molar-refractivity contribution in [2.45, 2.75) is 25.0 Å². The summed E-state index contributed by atoms with van der Waals surface area (Å²) in [5.41, 5.74) is 3.88. The van der Waals surface area contributed by atoms with Crippen LogP contribution < -0.4 is 15.5 Å². The zero-order chi connectivity index (χ0) is 27.4. The molecule has 0 spiro atoms. The van der Waals surface area contributed by atoms with Gasteiger partial charge in [-0.2, -0.15) is 0 Å². The zero-order valence-electron chi connectivity index (χ0n) is 21.4. The fourth-order valence-corrected chi connectivity index (χ4v) is 5.58. The standard InChI is InChI=1S/C31H28Cl2N4OS/c1-37-27-17-16-22(32)19-24(27)28(23-14-8-9-15-25(23)33)35-29(30(37)38)36-31(39)34-26(21-12-6-3-7-13-21)18-20-10-4-2-5-11-20/h2-12,14-17,19,21,26,29H,13,18H2,1H3,(H2,34,36,39). The van der Waals surface area contributed by atoms with Gasteiger partial charge in [0.05, 0.1) is 11.4 Å². The molecule has 0 saturated carbocycles. The number of fused-ring (bicyclic) bond motifs is 1. The number of nitrogens with one attached hydrogen (secondary N) is 2. The van der Waals surface area contributed by atoms with Crippen LogP contribution in [0.25, 0.3) is 0 Å². The molecule has 3 unspecified atom stereocenters. The fourth-order valence-electron chi connectivity index (χ4n) is 4.92. The van der Waals surface area contributed by atoms with Crippen LogP contribution in [-0.4, -0.2) is 36.0 Å². The van der Waals surface area contributed by atoms with Crippen LogP contribution in [0.2, 0.25) is 10.0 Å². The summed E-state index contributed by atoms with van der Waals surface area (Å²) < 4.78 is 0. The summed E-state index contributed by atoms with van der Waals surface area (Å²) in [5, 5.41) is 8.09. The SMILES string of the molecule is CN1C(=O)C(NC(=S)NC(Cc2ccccc2)C2C=CC=CC2)N=C(c2ccccc2Cl)c2cc(Cl)ccc21. The van der Waals surface area contributed by atoms with Crippen molar-refractivity contribution in [2.24, 2.45) is 10.9 Å². The Kier molecular flexibility index (Phi) is 8.46. The Bertz CT molecular complexity index is 1470. The van der Waals surface area contributed by atoms with Crippen molar-refractivity contribution in [3.63, 3.8) is 0 Å². The van der Waals surface area contributed by atoms with Gasteiger partial charge in [0, 0.05) is 40.2 Å². The monoisotopic (exact) mass is 574 g/mol. The first kappa shape index (κ1) is 27.1. The molecule has 39 heavy (non-hydrogen) atoms. The maximum atomic E-state index is 13.7. The van der Waals surface area contributed by atoms with Gasteiger partial charge in [-0.05, 0) is 54.9 Å². The Morgan fingerprint density at radius 2 is 1.82 bits per heavy atom. The van der Waals surface area contributed by atoms with Crippen LogP contribution in [0.5, 0.6) is 0 Å².